The molecule has 0 spiro atoms. The van der Waals surface area contributed by atoms with Gasteiger partial charge in [-0.3, -0.25) is 0 Å². The van der Waals surface area contributed by atoms with Crippen molar-refractivity contribution in [2.24, 2.45) is 0 Å². The highest BCUT2D eigenvalue weighted by molar-refractivity contribution is 7.02. The van der Waals surface area contributed by atoms with Crippen molar-refractivity contribution in [2.45, 2.75) is 39.5 Å². The molecule has 2 aliphatic rings. The molecule has 84 valence electrons. The van der Waals surface area contributed by atoms with Crippen molar-refractivity contribution in [2.75, 3.05) is 6.61 Å². The Morgan fingerprint density at radius 2 is 2.07 bits per heavy atom. The highest BCUT2D eigenvalue weighted by Gasteiger charge is 2.60. The van der Waals surface area contributed by atoms with Crippen LogP contribution in [-0.4, -0.2) is 23.2 Å². The van der Waals surface area contributed by atoms with Crippen LogP contribution in [0.4, 0.5) is 0 Å². The third kappa shape index (κ3) is 1.86. The van der Waals surface area contributed by atoms with Crippen molar-refractivity contribution >= 4 is 16.6 Å². The minimum absolute atomic E-state index is 0.823. The molecule has 1 unspecified atom stereocenters. The summed E-state index contributed by atoms with van der Waals surface area (Å²) in [6.45, 7) is 11.9. The molecular weight excluding hydrogens is 220 g/mol. The van der Waals surface area contributed by atoms with Gasteiger partial charge in [0, 0.05) is 18.2 Å². The average molecular weight is 240 g/mol. The molecule has 2 nitrogen and oxygen atoms in total. The van der Waals surface area contributed by atoms with Crippen LogP contribution in [0.3, 0.4) is 0 Å². The number of rotatable bonds is 4. The molecule has 2 rings (SSSR count). The summed E-state index contributed by atoms with van der Waals surface area (Å²) in [5.74, 6) is 1.23. The summed E-state index contributed by atoms with van der Waals surface area (Å²) in [4.78, 5) is 0. The minimum atomic E-state index is -1.58. The molecule has 15 heavy (non-hydrogen) atoms. The number of hydrogen-bond acceptors (Lipinski definition) is 2. The highest BCUT2D eigenvalue weighted by Crippen LogP contribution is 2.54. The lowest BCUT2D eigenvalue weighted by molar-refractivity contribution is 0.345. The summed E-state index contributed by atoms with van der Waals surface area (Å²) in [6.07, 6.45) is 3.32. The highest BCUT2D eigenvalue weighted by atomic mass is 28.4. The zero-order chi connectivity index (χ0) is 11.3. The van der Waals surface area contributed by atoms with Crippen LogP contribution in [0, 0.1) is 0 Å². The van der Waals surface area contributed by atoms with Gasteiger partial charge in [0.05, 0.1) is 5.76 Å². The fraction of sp³-hybridized carbons (Fsp3) is 0.636. The second-order valence-electron chi connectivity index (χ2n) is 5.30. The minimum Gasteiger partial charge on any atom is -0.547 e. The van der Waals surface area contributed by atoms with Gasteiger partial charge in [-0.15, -0.1) is 0 Å². The van der Waals surface area contributed by atoms with Crippen LogP contribution in [0.5, 0.6) is 0 Å². The maximum Gasteiger partial charge on any atom is 0.255 e. The quantitative estimate of drug-likeness (QED) is 0.703. The third-order valence-corrected chi connectivity index (χ3v) is 7.29. The first-order valence-electron chi connectivity index (χ1n) is 5.66. The fourth-order valence-corrected chi connectivity index (χ4v) is 6.90. The van der Waals surface area contributed by atoms with E-state index in [0.29, 0.717) is 0 Å². The van der Waals surface area contributed by atoms with E-state index in [-0.39, 0.29) is 0 Å². The maximum absolute atomic E-state index is 6.12. The molecule has 1 saturated heterocycles. The summed E-state index contributed by atoms with van der Waals surface area (Å²) in [5.41, 5.74) is 0. The zero-order valence-corrected chi connectivity index (χ0v) is 12.3. The molecule has 0 radical (unpaired) electrons. The van der Waals surface area contributed by atoms with Gasteiger partial charge in [0.1, 0.15) is 0 Å². The molecule has 0 aromatic rings. The molecule has 1 aliphatic heterocycles. The topological polar surface area (TPSA) is 18.5 Å². The van der Waals surface area contributed by atoms with E-state index in [9.17, 15) is 0 Å². The second-order valence-corrected chi connectivity index (χ2v) is 13.1. The molecule has 0 amide bonds. The van der Waals surface area contributed by atoms with E-state index in [2.05, 4.69) is 39.2 Å². The number of hydrogen-bond donors (Lipinski definition) is 0. The molecular formula is C11H20O2Si2. The lowest BCUT2D eigenvalue weighted by atomic mass is 10.4. The van der Waals surface area contributed by atoms with E-state index in [0.717, 1.165) is 13.0 Å². The van der Waals surface area contributed by atoms with Crippen LogP contribution in [0.2, 0.25) is 26.2 Å². The lowest BCUT2D eigenvalue weighted by Gasteiger charge is -2.21. The molecule has 0 N–H and O–H groups in total. The molecule has 0 saturated carbocycles. The molecule has 1 fully saturated rings. The second kappa shape index (κ2) is 3.33. The first-order valence-corrected chi connectivity index (χ1v) is 11.5. The number of fused-ring (bicyclic) bond motifs is 1. The van der Waals surface area contributed by atoms with Gasteiger partial charge < -0.3 is 8.85 Å². The Hall–Kier alpha value is -0.326. The van der Waals surface area contributed by atoms with Crippen molar-refractivity contribution < 1.29 is 8.85 Å². The van der Waals surface area contributed by atoms with Gasteiger partial charge in [-0.1, -0.05) is 6.08 Å². The Morgan fingerprint density at radius 3 is 2.60 bits per heavy atom. The largest absolute Gasteiger partial charge is 0.547 e. The van der Waals surface area contributed by atoms with Crippen molar-refractivity contribution in [1.82, 2.24) is 0 Å². The first-order chi connectivity index (χ1) is 6.88. The zero-order valence-electron chi connectivity index (χ0n) is 10.3. The van der Waals surface area contributed by atoms with Gasteiger partial charge in [-0.2, -0.15) is 0 Å². The van der Waals surface area contributed by atoms with Crippen LogP contribution in [0.25, 0.3) is 0 Å². The summed E-state index contributed by atoms with van der Waals surface area (Å²) >= 11 is 0. The molecule has 0 aromatic carbocycles. The van der Waals surface area contributed by atoms with E-state index in [4.69, 9.17) is 8.85 Å². The SMILES string of the molecule is CCO[Si]1(C)C2=CCC(O[Si](C)(C)C)=C21. The first kappa shape index (κ1) is 11.2. The monoisotopic (exact) mass is 240 g/mol. The van der Waals surface area contributed by atoms with Gasteiger partial charge in [0.2, 0.25) is 8.32 Å². The molecule has 4 heteroatoms. The lowest BCUT2D eigenvalue weighted by Crippen LogP contribution is -2.26. The Kier molecular flexibility index (Phi) is 2.48. The van der Waals surface area contributed by atoms with Gasteiger partial charge in [0.15, 0.2) is 0 Å². The van der Waals surface area contributed by atoms with E-state index < -0.39 is 16.6 Å². The predicted octanol–water partition coefficient (Wildman–Crippen LogP) is 3.13. The molecule has 1 atom stereocenters. The van der Waals surface area contributed by atoms with Crippen molar-refractivity contribution in [3.63, 3.8) is 0 Å². The smallest absolute Gasteiger partial charge is 0.255 e. The van der Waals surface area contributed by atoms with Gasteiger partial charge in [0.25, 0.3) is 8.32 Å². The van der Waals surface area contributed by atoms with Crippen LogP contribution >= 0.6 is 0 Å². The average Bonchev–Trinajstić information content (AvgIpc) is 2.47. The number of allylic oxidation sites excluding steroid dienone is 3. The summed E-state index contributed by atoms with van der Waals surface area (Å²) in [5, 5.41) is 2.96. The van der Waals surface area contributed by atoms with E-state index in [1.807, 2.05) is 0 Å². The normalized spacial score (nSPS) is 29.0. The van der Waals surface area contributed by atoms with Gasteiger partial charge in [-0.25, -0.2) is 0 Å². The Morgan fingerprint density at radius 1 is 1.40 bits per heavy atom. The van der Waals surface area contributed by atoms with Gasteiger partial charge in [-0.05, 0) is 38.3 Å². The Labute approximate surface area is 94.2 Å². The molecule has 1 aliphatic carbocycles. The Bertz CT molecular complexity index is 352. The summed E-state index contributed by atoms with van der Waals surface area (Å²) in [7, 11) is -3.03. The van der Waals surface area contributed by atoms with Crippen molar-refractivity contribution in [1.29, 1.82) is 0 Å². The third-order valence-electron chi connectivity index (χ3n) is 2.83. The van der Waals surface area contributed by atoms with Crippen LogP contribution in [0.1, 0.15) is 13.3 Å². The standard InChI is InChI=1S/C11H20O2Si2/c1-6-12-15(5)10-8-7-9(11(10)15)13-14(2,3)4/h8H,6-7H2,1-5H3. The molecule has 0 aromatic heterocycles. The van der Waals surface area contributed by atoms with Crippen molar-refractivity contribution in [3.8, 4) is 0 Å². The summed E-state index contributed by atoms with van der Waals surface area (Å²) < 4.78 is 12.0. The van der Waals surface area contributed by atoms with E-state index in [1.54, 1.807) is 0 Å². The summed E-state index contributed by atoms with van der Waals surface area (Å²) in [6, 6.07) is 0. The van der Waals surface area contributed by atoms with Crippen LogP contribution in [0.15, 0.2) is 22.2 Å². The maximum atomic E-state index is 6.12. The molecule has 1 heterocycles. The van der Waals surface area contributed by atoms with Crippen molar-refractivity contribution in [3.05, 3.63) is 22.2 Å². The van der Waals surface area contributed by atoms with Crippen LogP contribution < -0.4 is 0 Å². The van der Waals surface area contributed by atoms with Gasteiger partial charge >= 0.3 is 0 Å². The predicted molar refractivity (Wildman–Crippen MR) is 67.4 cm³/mol. The molecule has 0 bridgehead atoms. The Balaban J connectivity index is 2.15. The van der Waals surface area contributed by atoms with E-state index in [1.165, 1.54) is 16.2 Å². The fourth-order valence-electron chi connectivity index (χ4n) is 2.29. The van der Waals surface area contributed by atoms with Crippen LogP contribution in [-0.2, 0) is 8.85 Å². The van der Waals surface area contributed by atoms with E-state index >= 15 is 0 Å².